The first kappa shape index (κ1) is 20.2. The number of carbonyl (C=O) groups excluding carboxylic acids is 2. The quantitative estimate of drug-likeness (QED) is 0.766. The Bertz CT molecular complexity index is 817. The molecule has 1 aromatic heterocycles. The number of carbonyl (C=O) groups is 2. The van der Waals surface area contributed by atoms with E-state index in [9.17, 15) is 27.6 Å². The van der Waals surface area contributed by atoms with Gasteiger partial charge >= 0.3 is 12.1 Å². The molecule has 0 saturated carbocycles. The predicted octanol–water partition coefficient (Wildman–Crippen LogP) is 1.48. The Labute approximate surface area is 158 Å². The number of hydrogen-bond donors (Lipinski definition) is 1. The first-order valence-corrected chi connectivity index (χ1v) is 8.84. The van der Waals surface area contributed by atoms with Gasteiger partial charge in [0.05, 0.1) is 0 Å². The second-order valence-electron chi connectivity index (χ2n) is 6.77. The van der Waals surface area contributed by atoms with Crippen LogP contribution >= 0.6 is 0 Å². The van der Waals surface area contributed by atoms with Crippen LogP contribution in [0.4, 0.5) is 13.2 Å². The highest BCUT2D eigenvalue weighted by molar-refractivity contribution is 5.97. The van der Waals surface area contributed by atoms with E-state index in [0.717, 1.165) is 17.7 Å². The molecular weight excluding hydrogens is 383 g/mol. The lowest BCUT2D eigenvalue weighted by Gasteiger charge is -2.36. The van der Waals surface area contributed by atoms with Gasteiger partial charge in [-0.3, -0.25) is 19.1 Å². The van der Waals surface area contributed by atoms with E-state index in [1.54, 1.807) is 0 Å². The van der Waals surface area contributed by atoms with E-state index in [2.05, 4.69) is 5.43 Å². The molecule has 0 aromatic carbocycles. The van der Waals surface area contributed by atoms with Gasteiger partial charge in [-0.2, -0.15) is 13.2 Å². The zero-order valence-electron chi connectivity index (χ0n) is 15.1. The van der Waals surface area contributed by atoms with Crippen molar-refractivity contribution in [3.63, 3.8) is 0 Å². The summed E-state index contributed by atoms with van der Waals surface area (Å²) < 4.78 is 50.6. The zero-order valence-corrected chi connectivity index (χ0v) is 15.1. The molecular formula is C17H20F3N3O5. The molecule has 0 radical (unpaired) electrons. The molecule has 1 saturated heterocycles. The normalized spacial score (nSPS) is 19.0. The van der Waals surface area contributed by atoms with Crippen molar-refractivity contribution in [3.8, 4) is 5.75 Å². The van der Waals surface area contributed by atoms with E-state index in [-0.39, 0.29) is 12.3 Å². The van der Waals surface area contributed by atoms with Gasteiger partial charge in [-0.25, -0.2) is 0 Å². The molecule has 0 unspecified atom stereocenters. The van der Waals surface area contributed by atoms with Crippen molar-refractivity contribution >= 4 is 11.9 Å². The minimum Gasteiger partial charge on any atom is -0.420 e. The summed E-state index contributed by atoms with van der Waals surface area (Å²) in [6.07, 6.45) is -2.08. The van der Waals surface area contributed by atoms with Gasteiger partial charge in [-0.05, 0) is 25.7 Å². The molecule has 11 heteroatoms. The molecule has 1 aromatic rings. The fourth-order valence-corrected chi connectivity index (χ4v) is 3.14. The van der Waals surface area contributed by atoms with Gasteiger partial charge < -0.3 is 19.8 Å². The number of alkyl halides is 3. The Hall–Kier alpha value is -2.56. The van der Waals surface area contributed by atoms with Crippen LogP contribution in [0.2, 0.25) is 0 Å². The number of aromatic nitrogens is 1. The van der Waals surface area contributed by atoms with Crippen LogP contribution < -0.4 is 15.6 Å². The Balaban J connectivity index is 1.85. The number of pyridine rings is 1. The van der Waals surface area contributed by atoms with Gasteiger partial charge in [0.15, 0.2) is 5.69 Å². The summed E-state index contributed by atoms with van der Waals surface area (Å²) in [6, 6.07) is -1.01. The number of ether oxygens (including phenoxy) is 2. The molecule has 1 atom stereocenters. The maximum Gasteiger partial charge on any atom is 0.408 e. The summed E-state index contributed by atoms with van der Waals surface area (Å²) in [5.41, 5.74) is 1.40. The molecule has 154 valence electrons. The topological polar surface area (TPSA) is 89.9 Å². The van der Waals surface area contributed by atoms with E-state index in [1.165, 1.54) is 6.20 Å². The molecule has 0 spiro atoms. The molecule has 8 nitrogen and oxygen atoms in total. The average molecular weight is 403 g/mol. The Kier molecular flexibility index (Phi) is 5.64. The summed E-state index contributed by atoms with van der Waals surface area (Å²) in [7, 11) is 0. The lowest BCUT2D eigenvalue weighted by atomic mass is 9.97. The fraction of sp³-hybridized carbons (Fsp3) is 0.588. The molecule has 1 fully saturated rings. The van der Waals surface area contributed by atoms with Gasteiger partial charge in [-0.1, -0.05) is 0 Å². The molecule has 28 heavy (non-hydrogen) atoms. The Morgan fingerprint density at radius 1 is 1.36 bits per heavy atom. The Morgan fingerprint density at radius 3 is 2.68 bits per heavy atom. The molecule has 3 heterocycles. The lowest BCUT2D eigenvalue weighted by Crippen LogP contribution is -2.54. The number of fused-ring (bicyclic) bond motifs is 1. The molecule has 0 aliphatic carbocycles. The van der Waals surface area contributed by atoms with Crippen molar-refractivity contribution in [2.45, 2.75) is 38.4 Å². The summed E-state index contributed by atoms with van der Waals surface area (Å²) >= 11 is 0. The summed E-state index contributed by atoms with van der Waals surface area (Å²) in [4.78, 5) is 37.7. The lowest BCUT2D eigenvalue weighted by molar-refractivity contribution is -0.172. The van der Waals surface area contributed by atoms with Crippen molar-refractivity contribution in [1.29, 1.82) is 0 Å². The third kappa shape index (κ3) is 4.13. The highest BCUT2D eigenvalue weighted by Gasteiger charge is 2.45. The smallest absolute Gasteiger partial charge is 0.408 e. The summed E-state index contributed by atoms with van der Waals surface area (Å²) in [6.45, 7) is 1.47. The number of nitrogens with zero attached hydrogens (tertiary/aromatic N) is 2. The van der Waals surface area contributed by atoms with Crippen LogP contribution in [0, 0.1) is 5.92 Å². The third-order valence-corrected chi connectivity index (χ3v) is 4.88. The first-order valence-electron chi connectivity index (χ1n) is 8.84. The van der Waals surface area contributed by atoms with Crippen molar-refractivity contribution in [3.05, 3.63) is 28.2 Å². The second-order valence-corrected chi connectivity index (χ2v) is 6.77. The predicted molar refractivity (Wildman–Crippen MR) is 90.4 cm³/mol. The van der Waals surface area contributed by atoms with Gasteiger partial charge in [0.1, 0.15) is 12.7 Å². The van der Waals surface area contributed by atoms with Gasteiger partial charge in [0.2, 0.25) is 11.2 Å². The van der Waals surface area contributed by atoms with Gasteiger partial charge in [0.25, 0.3) is 5.91 Å². The fourth-order valence-electron chi connectivity index (χ4n) is 3.14. The second kappa shape index (κ2) is 7.82. The zero-order chi connectivity index (χ0) is 20.5. The van der Waals surface area contributed by atoms with Crippen LogP contribution in [-0.4, -0.2) is 53.6 Å². The minimum absolute atomic E-state index is 0.0270. The number of esters is 1. The highest BCUT2D eigenvalue weighted by atomic mass is 19.4. The number of amides is 1. The number of halogens is 3. The van der Waals surface area contributed by atoms with Gasteiger partial charge in [-0.15, -0.1) is 0 Å². The van der Waals surface area contributed by atoms with E-state index in [1.807, 2.05) is 0 Å². The number of nitrogens with one attached hydrogen (secondary N) is 1. The maximum absolute atomic E-state index is 13.0. The van der Waals surface area contributed by atoms with Crippen molar-refractivity contribution < 1.29 is 32.2 Å². The largest absolute Gasteiger partial charge is 0.420 e. The van der Waals surface area contributed by atoms with E-state index in [0.29, 0.717) is 31.0 Å². The average Bonchev–Trinajstić information content (AvgIpc) is 2.64. The molecule has 1 N–H and O–H groups in total. The van der Waals surface area contributed by atoms with Crippen LogP contribution in [-0.2, 0) is 9.53 Å². The monoisotopic (exact) mass is 403 g/mol. The van der Waals surface area contributed by atoms with E-state index in [4.69, 9.17) is 9.47 Å². The van der Waals surface area contributed by atoms with Crippen LogP contribution in [0.3, 0.4) is 0 Å². The first-order chi connectivity index (χ1) is 13.2. The van der Waals surface area contributed by atoms with Crippen LogP contribution in [0.1, 0.15) is 36.7 Å². The van der Waals surface area contributed by atoms with Crippen molar-refractivity contribution in [1.82, 2.24) is 9.58 Å². The Morgan fingerprint density at radius 2 is 2.04 bits per heavy atom. The SMILES string of the molecule is C[C@@H](N1CNn2ccc(=O)c(OC(=O)CC3CCOCC3)c2C1=O)C(F)(F)F. The number of hydrogen-bond acceptors (Lipinski definition) is 6. The molecule has 2 aliphatic heterocycles. The van der Waals surface area contributed by atoms with Crippen LogP contribution in [0.25, 0.3) is 0 Å². The van der Waals surface area contributed by atoms with E-state index < -0.39 is 47.6 Å². The van der Waals surface area contributed by atoms with Crippen molar-refractivity contribution in [2.75, 3.05) is 25.3 Å². The molecule has 1 amide bonds. The van der Waals surface area contributed by atoms with Crippen LogP contribution in [0.15, 0.2) is 17.1 Å². The molecule has 2 aliphatic rings. The number of rotatable bonds is 4. The third-order valence-electron chi connectivity index (χ3n) is 4.88. The standard InChI is InChI=1S/C17H20F3N3O5/c1-10(17(18,19)20)22-9-21-23-5-2-12(24)15(14(23)16(22)26)28-13(25)8-11-3-6-27-7-4-11/h2,5,10-11,21H,3-4,6-9H2,1H3/t10-/m1/s1. The summed E-state index contributed by atoms with van der Waals surface area (Å²) in [5.74, 6) is -2.31. The highest BCUT2D eigenvalue weighted by Crippen LogP contribution is 2.28. The summed E-state index contributed by atoms with van der Waals surface area (Å²) in [5, 5.41) is 0. The van der Waals surface area contributed by atoms with Gasteiger partial charge in [0, 0.05) is 31.9 Å². The van der Waals surface area contributed by atoms with E-state index >= 15 is 0 Å². The minimum atomic E-state index is -4.64. The van der Waals surface area contributed by atoms with Crippen molar-refractivity contribution in [2.24, 2.45) is 5.92 Å². The maximum atomic E-state index is 13.0. The molecule has 3 rings (SSSR count). The van der Waals surface area contributed by atoms with Crippen LogP contribution in [0.5, 0.6) is 5.75 Å². The molecule has 0 bridgehead atoms.